The average Bonchev–Trinajstić information content (AvgIpc) is 3.61. The van der Waals surface area contributed by atoms with E-state index in [-0.39, 0.29) is 39.9 Å². The Morgan fingerprint density at radius 2 is 1.62 bits per heavy atom. The Bertz CT molecular complexity index is 2860. The van der Waals surface area contributed by atoms with Crippen LogP contribution in [0.5, 0.6) is 0 Å². The van der Waals surface area contributed by atoms with Gasteiger partial charge in [0.2, 0.25) is 0 Å². The van der Waals surface area contributed by atoms with Gasteiger partial charge in [0, 0.05) is 89.8 Å². The third-order valence-corrected chi connectivity index (χ3v) is 15.2. The van der Waals surface area contributed by atoms with Gasteiger partial charge in [0.05, 0.1) is 15.4 Å². The lowest BCUT2D eigenvalue weighted by atomic mass is 9.90. The summed E-state index contributed by atoms with van der Waals surface area (Å²) < 4.78 is 31.8. The van der Waals surface area contributed by atoms with E-state index in [1.54, 1.807) is 36.0 Å². The van der Waals surface area contributed by atoms with Crippen molar-refractivity contribution in [1.29, 1.82) is 0 Å². The van der Waals surface area contributed by atoms with Crippen molar-refractivity contribution in [3.63, 3.8) is 0 Å². The van der Waals surface area contributed by atoms with Crippen LogP contribution in [-0.2, 0) is 14.8 Å². The number of anilines is 2. The standard InChI is InChI=1S/C53H59ClN8O5S2/c1-38-50(41-19-21-43(54)22-20-41)51(52(60(38)5)53(63)55-28-10-29-61-33-31-59(4)32-34-61)42-12-9-11-40(35-42)16-15-39-17-23-44(24-18-39)57-69(66,67)47-25-26-48(49(36-47)62(64)65)56-45(27-30-58(2)3)37-68-46-13-7-6-8-14-46/h6-9,11-14,17-26,35-36,38,45,56-57H,10,27-34,37H2,1-5H3/p+1/t38?,45-/m1/s1. The number of nitrogens with zero attached hydrogens (tertiary/aromatic N) is 5. The Hall–Kier alpha value is -5.99. The second-order valence-electron chi connectivity index (χ2n) is 17.7. The number of nitro benzene ring substituents is 1. The van der Waals surface area contributed by atoms with E-state index in [9.17, 15) is 23.3 Å². The second-order valence-corrected chi connectivity index (χ2v) is 20.9. The highest BCUT2D eigenvalue weighted by atomic mass is 35.5. The molecule has 7 rings (SSSR count). The van der Waals surface area contributed by atoms with Gasteiger partial charge in [0.1, 0.15) is 12.7 Å². The van der Waals surface area contributed by atoms with Crippen LogP contribution in [0.4, 0.5) is 17.1 Å². The maximum atomic E-state index is 14.1. The molecule has 2 heterocycles. The molecule has 16 heteroatoms. The zero-order chi connectivity index (χ0) is 49.1. The topological polar surface area (TPSA) is 143 Å². The van der Waals surface area contributed by atoms with Crippen LogP contribution in [0.3, 0.4) is 0 Å². The van der Waals surface area contributed by atoms with Gasteiger partial charge in [-0.2, -0.15) is 0 Å². The Morgan fingerprint density at radius 3 is 2.32 bits per heavy atom. The summed E-state index contributed by atoms with van der Waals surface area (Å²) >= 11 is 7.96. The number of nitro groups is 1. The number of halogens is 1. The summed E-state index contributed by atoms with van der Waals surface area (Å²) in [5, 5.41) is 19.5. The fraction of sp³-hybridized carbons (Fsp3) is 0.321. The molecule has 5 aromatic carbocycles. The molecule has 13 nitrogen and oxygen atoms in total. The molecule has 1 unspecified atom stereocenters. The number of benzene rings is 5. The van der Waals surface area contributed by atoms with Gasteiger partial charge in [0.25, 0.3) is 21.4 Å². The van der Waals surface area contributed by atoms with Crippen LogP contribution < -0.4 is 15.4 Å². The van der Waals surface area contributed by atoms with Crippen molar-refractivity contribution in [3.05, 3.63) is 159 Å². The van der Waals surface area contributed by atoms with Gasteiger partial charge in [-0.1, -0.05) is 65.9 Å². The minimum atomic E-state index is -4.20. The van der Waals surface area contributed by atoms with E-state index in [0.717, 1.165) is 90.9 Å². The van der Waals surface area contributed by atoms with Gasteiger partial charge in [-0.3, -0.25) is 19.6 Å². The van der Waals surface area contributed by atoms with Gasteiger partial charge in [-0.15, -0.1) is 11.8 Å². The SMILES string of the molecule is CC1C(c2ccc(Cl)cc2)=C(c2cccc(C#Cc3ccc(NS(=O)(=O)c4ccc(N[C@H](CCN(C)C)CSc5ccccc5)c([N+](=O)[O-])c4)cc3)c2)C(C(=O)NCCCN2CCN(C)CC2)=[N+]1C. The highest BCUT2D eigenvalue weighted by molar-refractivity contribution is 7.99. The third kappa shape index (κ3) is 13.6. The number of likely N-dealkylation sites (N-methyl/N-ethyl adjacent to an activating group) is 2. The minimum absolute atomic E-state index is 0.102. The Labute approximate surface area is 415 Å². The number of hydrogen-bond donors (Lipinski definition) is 3. The molecule has 0 aliphatic carbocycles. The predicted octanol–water partition coefficient (Wildman–Crippen LogP) is 8.12. The van der Waals surface area contributed by atoms with E-state index < -0.39 is 14.9 Å². The molecule has 0 bridgehead atoms. The summed E-state index contributed by atoms with van der Waals surface area (Å²) in [5.74, 6) is 6.97. The molecular formula is C53H60ClN8O5S2+. The Balaban J connectivity index is 1.05. The number of nitrogens with one attached hydrogen (secondary N) is 3. The average molecular weight is 989 g/mol. The number of thioether (sulfide) groups is 1. The molecule has 2 aliphatic rings. The number of piperazine rings is 1. The first-order valence-corrected chi connectivity index (χ1v) is 25.9. The summed E-state index contributed by atoms with van der Waals surface area (Å²) in [5.41, 5.74) is 5.83. The molecule has 0 radical (unpaired) electrons. The van der Waals surface area contributed by atoms with Crippen molar-refractivity contribution in [2.24, 2.45) is 0 Å². The van der Waals surface area contributed by atoms with Gasteiger partial charge in [0.15, 0.2) is 6.04 Å². The van der Waals surface area contributed by atoms with Gasteiger partial charge in [-0.25, -0.2) is 13.0 Å². The van der Waals surface area contributed by atoms with Crippen molar-refractivity contribution in [1.82, 2.24) is 20.0 Å². The zero-order valence-electron chi connectivity index (χ0n) is 39.7. The number of rotatable bonds is 19. The first kappa shape index (κ1) is 50.9. The van der Waals surface area contributed by atoms with Crippen LogP contribution in [-0.4, -0.2) is 136 Å². The number of hydrogen-bond acceptors (Lipinski definition) is 10. The molecule has 2 atom stereocenters. The lowest BCUT2D eigenvalue weighted by Gasteiger charge is -2.32. The van der Waals surface area contributed by atoms with Crippen molar-refractivity contribution in [2.45, 2.75) is 41.6 Å². The molecule has 1 saturated heterocycles. The molecule has 3 N–H and O–H groups in total. The van der Waals surface area contributed by atoms with Gasteiger partial charge >= 0.3 is 5.91 Å². The summed E-state index contributed by atoms with van der Waals surface area (Å²) in [6.45, 7) is 8.52. The normalized spacial score (nSPS) is 16.0. The first-order chi connectivity index (χ1) is 33.1. The van der Waals surface area contributed by atoms with Crippen LogP contribution in [0.1, 0.15) is 42.0 Å². The van der Waals surface area contributed by atoms with E-state index in [0.29, 0.717) is 28.6 Å². The fourth-order valence-corrected chi connectivity index (χ4v) is 10.6. The van der Waals surface area contributed by atoms with Crippen molar-refractivity contribution < 1.29 is 22.7 Å². The maximum absolute atomic E-state index is 14.1. The largest absolute Gasteiger partial charge is 0.376 e. The van der Waals surface area contributed by atoms with Crippen molar-refractivity contribution in [2.75, 3.05) is 89.8 Å². The molecule has 2 aliphatic heterocycles. The van der Waals surface area contributed by atoms with Crippen molar-refractivity contribution in [3.8, 4) is 11.8 Å². The smallest absolute Gasteiger partial charge is 0.316 e. The van der Waals surface area contributed by atoms with E-state index in [1.165, 1.54) is 12.1 Å². The quantitative estimate of drug-likeness (QED) is 0.0186. The summed E-state index contributed by atoms with van der Waals surface area (Å²) in [6, 6.07) is 35.8. The summed E-state index contributed by atoms with van der Waals surface area (Å²) in [7, 11) is 3.84. The van der Waals surface area contributed by atoms with Gasteiger partial charge < -0.3 is 25.3 Å². The lowest BCUT2D eigenvalue weighted by Crippen LogP contribution is -2.45. The molecule has 5 aromatic rings. The van der Waals surface area contributed by atoms with Crippen LogP contribution >= 0.6 is 23.4 Å². The highest BCUT2D eigenvalue weighted by Crippen LogP contribution is 2.37. The number of carbonyl (C=O) groups is 1. The lowest BCUT2D eigenvalue weighted by molar-refractivity contribution is -0.513. The van der Waals surface area contributed by atoms with Crippen LogP contribution in [0.25, 0.3) is 11.1 Å². The molecule has 0 aromatic heterocycles. The molecule has 69 heavy (non-hydrogen) atoms. The predicted molar refractivity (Wildman–Crippen MR) is 281 cm³/mol. The Kier molecular flexibility index (Phi) is 17.4. The number of amides is 1. The third-order valence-electron chi connectivity index (χ3n) is 12.4. The highest BCUT2D eigenvalue weighted by Gasteiger charge is 2.41. The fourth-order valence-electron chi connectivity index (χ4n) is 8.37. The van der Waals surface area contributed by atoms with Gasteiger partial charge in [-0.05, 0) is 131 Å². The second kappa shape index (κ2) is 23.5. The molecule has 1 fully saturated rings. The van der Waals surface area contributed by atoms with Crippen molar-refractivity contribution >= 4 is 73.2 Å². The van der Waals surface area contributed by atoms with Crippen LogP contribution in [0.15, 0.2) is 131 Å². The van der Waals surface area contributed by atoms with E-state index >= 15 is 0 Å². The van der Waals surface area contributed by atoms with Crippen LogP contribution in [0, 0.1) is 22.0 Å². The minimum Gasteiger partial charge on any atom is -0.376 e. The number of sulfonamides is 1. The molecule has 0 saturated carbocycles. The maximum Gasteiger partial charge on any atom is 0.316 e. The molecular weight excluding hydrogens is 928 g/mol. The van der Waals surface area contributed by atoms with E-state index in [1.807, 2.05) is 105 Å². The monoisotopic (exact) mass is 987 g/mol. The summed E-state index contributed by atoms with van der Waals surface area (Å²) in [4.78, 5) is 33.6. The molecule has 360 valence electrons. The van der Waals surface area contributed by atoms with E-state index in [4.69, 9.17) is 11.6 Å². The zero-order valence-corrected chi connectivity index (χ0v) is 42.1. The molecule has 0 spiro atoms. The summed E-state index contributed by atoms with van der Waals surface area (Å²) in [6.07, 6.45) is 1.57. The molecule has 1 amide bonds. The Morgan fingerprint density at radius 1 is 0.913 bits per heavy atom. The first-order valence-electron chi connectivity index (χ1n) is 23.1. The van der Waals surface area contributed by atoms with Crippen LogP contribution in [0.2, 0.25) is 5.02 Å². The van der Waals surface area contributed by atoms with E-state index in [2.05, 4.69) is 55.9 Å². The number of carbonyl (C=O) groups excluding carboxylic acids is 1.